The molecule has 2 atom stereocenters. The molecule has 0 spiro atoms. The quantitative estimate of drug-likeness (QED) is 0.750. The smallest absolute Gasteiger partial charge is 0.404 e. The normalized spacial score (nSPS) is 16.0. The van der Waals surface area contributed by atoms with E-state index in [0.29, 0.717) is 6.42 Å². The van der Waals surface area contributed by atoms with Gasteiger partial charge in [0.15, 0.2) is 0 Å². The van der Waals surface area contributed by atoms with E-state index < -0.39 is 24.1 Å². The molecule has 0 aliphatic rings. The van der Waals surface area contributed by atoms with Crippen molar-refractivity contribution in [2.24, 2.45) is 17.6 Å². The molecular formula is C10H18F3NO2. The fourth-order valence-corrected chi connectivity index (χ4v) is 1.34. The zero-order valence-corrected chi connectivity index (χ0v) is 9.67. The van der Waals surface area contributed by atoms with Crippen LogP contribution in [0, 0.1) is 11.8 Å². The van der Waals surface area contributed by atoms with E-state index >= 15 is 0 Å². The summed E-state index contributed by atoms with van der Waals surface area (Å²) in [4.78, 5) is 11.2. The van der Waals surface area contributed by atoms with Gasteiger partial charge in [0.1, 0.15) is 6.04 Å². The van der Waals surface area contributed by atoms with Gasteiger partial charge in [0, 0.05) is 0 Å². The predicted molar refractivity (Wildman–Crippen MR) is 53.6 cm³/mol. The Morgan fingerprint density at radius 1 is 1.31 bits per heavy atom. The lowest BCUT2D eigenvalue weighted by Crippen LogP contribution is -2.47. The van der Waals surface area contributed by atoms with Crippen molar-refractivity contribution in [1.29, 1.82) is 0 Å². The zero-order chi connectivity index (χ0) is 12.9. The molecule has 2 N–H and O–H groups in total. The Balaban J connectivity index is 4.61. The summed E-state index contributed by atoms with van der Waals surface area (Å²) in [7, 11) is 1.06. The van der Waals surface area contributed by atoms with Gasteiger partial charge in [-0.25, -0.2) is 0 Å². The molecule has 0 aromatic heterocycles. The van der Waals surface area contributed by atoms with Crippen molar-refractivity contribution in [2.45, 2.75) is 38.9 Å². The average molecular weight is 241 g/mol. The number of rotatable bonds is 5. The van der Waals surface area contributed by atoms with Crippen LogP contribution in [-0.2, 0) is 9.53 Å². The molecule has 0 rings (SSSR count). The van der Waals surface area contributed by atoms with E-state index in [1.54, 1.807) is 0 Å². The minimum Gasteiger partial charge on any atom is -0.469 e. The highest BCUT2D eigenvalue weighted by molar-refractivity contribution is 5.73. The summed E-state index contributed by atoms with van der Waals surface area (Å²) in [6, 6.07) is -2.15. The number of ether oxygens (including phenoxy) is 1. The van der Waals surface area contributed by atoms with Gasteiger partial charge < -0.3 is 10.5 Å². The average Bonchev–Trinajstić information content (AvgIpc) is 2.15. The number of carbonyl (C=O) groups excluding carboxylic acids is 1. The van der Waals surface area contributed by atoms with Crippen LogP contribution in [0.3, 0.4) is 0 Å². The van der Waals surface area contributed by atoms with E-state index in [0.717, 1.165) is 7.11 Å². The Labute approximate surface area is 93.1 Å². The third kappa shape index (κ3) is 4.83. The van der Waals surface area contributed by atoms with E-state index in [9.17, 15) is 18.0 Å². The number of methoxy groups -OCH3 is 1. The summed E-state index contributed by atoms with van der Waals surface area (Å²) in [5, 5.41) is 0. The van der Waals surface area contributed by atoms with Gasteiger partial charge in [-0.05, 0) is 12.3 Å². The van der Waals surface area contributed by atoms with Gasteiger partial charge in [0.05, 0.1) is 13.0 Å². The first-order chi connectivity index (χ1) is 7.20. The fourth-order valence-electron chi connectivity index (χ4n) is 1.34. The second kappa shape index (κ2) is 6.08. The predicted octanol–water partition coefficient (Wildman–Crippen LogP) is 2.10. The maximum atomic E-state index is 12.4. The van der Waals surface area contributed by atoms with Gasteiger partial charge in [-0.2, -0.15) is 13.2 Å². The molecule has 3 nitrogen and oxygen atoms in total. The summed E-state index contributed by atoms with van der Waals surface area (Å²) in [5.41, 5.74) is 5.03. The number of nitrogens with two attached hydrogens (primary N) is 1. The molecule has 0 aliphatic heterocycles. The second-order valence-electron chi connectivity index (χ2n) is 4.17. The molecule has 96 valence electrons. The Bertz CT molecular complexity index is 229. The summed E-state index contributed by atoms with van der Waals surface area (Å²) in [6.45, 7) is 3.74. The topological polar surface area (TPSA) is 52.3 Å². The number of carbonyl (C=O) groups is 1. The molecule has 0 saturated heterocycles. The Kier molecular flexibility index (Phi) is 5.78. The third-order valence-electron chi connectivity index (χ3n) is 2.37. The van der Waals surface area contributed by atoms with Crippen molar-refractivity contribution in [3.63, 3.8) is 0 Å². The van der Waals surface area contributed by atoms with Crippen LogP contribution < -0.4 is 5.73 Å². The Morgan fingerprint density at radius 3 is 2.12 bits per heavy atom. The summed E-state index contributed by atoms with van der Waals surface area (Å²) >= 11 is 0. The van der Waals surface area contributed by atoms with E-state index in [1.807, 2.05) is 13.8 Å². The Morgan fingerprint density at radius 2 is 1.81 bits per heavy atom. The standard InChI is InChI=1S/C10H18F3NO2/c1-6(2)4-5-7(9(15)16-3)8(14)10(11,12)13/h6-8H,4-5,14H2,1-3H3/t7-,8-/m1/s1. The molecule has 0 amide bonds. The SMILES string of the molecule is COC(=O)[C@H](CCC(C)C)[C@@H](N)C(F)(F)F. The van der Waals surface area contributed by atoms with Crippen LogP contribution in [0.15, 0.2) is 0 Å². The van der Waals surface area contributed by atoms with Gasteiger partial charge in [-0.3, -0.25) is 4.79 Å². The van der Waals surface area contributed by atoms with Crippen molar-refractivity contribution >= 4 is 5.97 Å². The summed E-state index contributed by atoms with van der Waals surface area (Å²) in [6.07, 6.45) is -3.98. The van der Waals surface area contributed by atoms with Gasteiger partial charge >= 0.3 is 12.1 Å². The largest absolute Gasteiger partial charge is 0.469 e. The lowest BCUT2D eigenvalue weighted by atomic mass is 9.91. The highest BCUT2D eigenvalue weighted by Crippen LogP contribution is 2.28. The molecule has 6 heteroatoms. The summed E-state index contributed by atoms with van der Waals surface area (Å²) in [5.74, 6) is -1.99. The number of halogens is 3. The van der Waals surface area contributed by atoms with Crippen LogP contribution in [0.5, 0.6) is 0 Å². The third-order valence-corrected chi connectivity index (χ3v) is 2.37. The highest BCUT2D eigenvalue weighted by Gasteiger charge is 2.45. The monoisotopic (exact) mass is 241 g/mol. The number of esters is 1. The van der Waals surface area contributed by atoms with Crippen LogP contribution in [0.2, 0.25) is 0 Å². The molecule has 0 fully saturated rings. The molecular weight excluding hydrogens is 223 g/mol. The van der Waals surface area contributed by atoms with Crippen LogP contribution in [0.25, 0.3) is 0 Å². The lowest BCUT2D eigenvalue weighted by Gasteiger charge is -2.24. The highest BCUT2D eigenvalue weighted by atomic mass is 19.4. The summed E-state index contributed by atoms with van der Waals surface area (Å²) < 4.78 is 41.5. The van der Waals surface area contributed by atoms with Crippen molar-refractivity contribution in [3.8, 4) is 0 Å². The van der Waals surface area contributed by atoms with Crippen molar-refractivity contribution in [3.05, 3.63) is 0 Å². The van der Waals surface area contributed by atoms with Gasteiger partial charge in [-0.15, -0.1) is 0 Å². The van der Waals surface area contributed by atoms with Gasteiger partial charge in [0.25, 0.3) is 0 Å². The first-order valence-corrected chi connectivity index (χ1v) is 5.10. The first-order valence-electron chi connectivity index (χ1n) is 5.10. The molecule has 0 unspecified atom stereocenters. The minimum atomic E-state index is -4.57. The van der Waals surface area contributed by atoms with E-state index in [2.05, 4.69) is 4.74 Å². The number of hydrogen-bond acceptors (Lipinski definition) is 3. The maximum Gasteiger partial charge on any atom is 0.404 e. The van der Waals surface area contributed by atoms with Crippen LogP contribution in [0.1, 0.15) is 26.7 Å². The molecule has 0 aromatic carbocycles. The van der Waals surface area contributed by atoms with Crippen molar-refractivity contribution in [1.82, 2.24) is 0 Å². The van der Waals surface area contributed by atoms with Gasteiger partial charge in [0.2, 0.25) is 0 Å². The number of alkyl halides is 3. The van der Waals surface area contributed by atoms with Crippen molar-refractivity contribution in [2.75, 3.05) is 7.11 Å². The van der Waals surface area contributed by atoms with Crippen LogP contribution in [-0.4, -0.2) is 25.3 Å². The minimum absolute atomic E-state index is 0.0883. The van der Waals surface area contributed by atoms with E-state index in [-0.39, 0.29) is 12.3 Å². The number of hydrogen-bond donors (Lipinski definition) is 1. The maximum absolute atomic E-state index is 12.4. The van der Waals surface area contributed by atoms with Crippen LogP contribution >= 0.6 is 0 Å². The van der Waals surface area contributed by atoms with Crippen molar-refractivity contribution < 1.29 is 22.7 Å². The van der Waals surface area contributed by atoms with E-state index in [4.69, 9.17) is 5.73 Å². The molecule has 0 heterocycles. The van der Waals surface area contributed by atoms with Crippen LogP contribution in [0.4, 0.5) is 13.2 Å². The molecule has 16 heavy (non-hydrogen) atoms. The van der Waals surface area contributed by atoms with Gasteiger partial charge in [-0.1, -0.05) is 20.3 Å². The zero-order valence-electron chi connectivity index (χ0n) is 9.67. The fraction of sp³-hybridized carbons (Fsp3) is 0.900. The molecule has 0 bridgehead atoms. The Hall–Kier alpha value is -0.780. The molecule has 0 radical (unpaired) electrons. The first kappa shape index (κ1) is 15.2. The molecule has 0 aliphatic carbocycles. The molecule has 0 saturated carbocycles. The molecule has 0 aromatic rings. The van der Waals surface area contributed by atoms with E-state index in [1.165, 1.54) is 0 Å². The lowest BCUT2D eigenvalue weighted by molar-refractivity contribution is -0.175. The second-order valence-corrected chi connectivity index (χ2v) is 4.17.